The van der Waals surface area contributed by atoms with Gasteiger partial charge < -0.3 is 14.4 Å². The number of anilines is 1. The molecule has 0 bridgehead atoms. The molecule has 7 nitrogen and oxygen atoms in total. The first-order valence-corrected chi connectivity index (χ1v) is 6.62. The molecule has 21 heavy (non-hydrogen) atoms. The Kier molecular flexibility index (Phi) is 3.42. The van der Waals surface area contributed by atoms with E-state index in [0.717, 1.165) is 5.06 Å². The van der Waals surface area contributed by atoms with Crippen LogP contribution in [0.5, 0.6) is 11.5 Å². The predicted octanol–water partition coefficient (Wildman–Crippen LogP) is 0.788. The zero-order valence-corrected chi connectivity index (χ0v) is 11.9. The zero-order chi connectivity index (χ0) is 15.0. The fourth-order valence-electron chi connectivity index (χ4n) is 2.52. The van der Waals surface area contributed by atoms with E-state index in [4.69, 9.17) is 14.3 Å². The van der Waals surface area contributed by atoms with Crippen LogP contribution in [-0.4, -0.2) is 44.4 Å². The van der Waals surface area contributed by atoms with Gasteiger partial charge in [-0.15, -0.1) is 0 Å². The number of benzene rings is 1. The highest BCUT2D eigenvalue weighted by atomic mass is 16.7. The van der Waals surface area contributed by atoms with Gasteiger partial charge in [-0.2, -0.15) is 0 Å². The average molecular weight is 292 g/mol. The van der Waals surface area contributed by atoms with E-state index in [1.165, 1.54) is 14.2 Å². The van der Waals surface area contributed by atoms with Crippen molar-refractivity contribution < 1.29 is 23.9 Å². The Hall–Kier alpha value is -2.28. The summed E-state index contributed by atoms with van der Waals surface area (Å²) in [6.45, 7) is 0.525. The molecule has 0 spiro atoms. The molecule has 1 atom stereocenters. The lowest BCUT2D eigenvalue weighted by molar-refractivity contribution is -0.172. The first-order chi connectivity index (χ1) is 10.1. The predicted molar refractivity (Wildman–Crippen MR) is 72.8 cm³/mol. The largest absolute Gasteiger partial charge is 0.454 e. The SMILES string of the molecule is CON(C)C(=O)C1CC(=O)N(c2ccc3c(c2)OCO3)C1. The minimum absolute atomic E-state index is 0.0864. The molecule has 2 aliphatic heterocycles. The van der Waals surface area contributed by atoms with Crippen molar-refractivity contribution in [2.45, 2.75) is 6.42 Å². The number of hydroxylamine groups is 2. The van der Waals surface area contributed by atoms with Gasteiger partial charge in [0.15, 0.2) is 11.5 Å². The third-order valence-corrected chi connectivity index (χ3v) is 3.73. The third kappa shape index (κ3) is 2.40. The van der Waals surface area contributed by atoms with Gasteiger partial charge >= 0.3 is 0 Å². The van der Waals surface area contributed by atoms with Gasteiger partial charge in [0, 0.05) is 31.8 Å². The summed E-state index contributed by atoms with van der Waals surface area (Å²) < 4.78 is 10.6. The second-order valence-corrected chi connectivity index (χ2v) is 4.96. The van der Waals surface area contributed by atoms with E-state index < -0.39 is 5.92 Å². The molecule has 1 saturated heterocycles. The van der Waals surface area contributed by atoms with Crippen molar-refractivity contribution in [3.8, 4) is 11.5 Å². The minimum Gasteiger partial charge on any atom is -0.454 e. The molecule has 2 heterocycles. The van der Waals surface area contributed by atoms with Gasteiger partial charge in [0.25, 0.3) is 5.91 Å². The van der Waals surface area contributed by atoms with Crippen molar-refractivity contribution >= 4 is 17.5 Å². The minimum atomic E-state index is -0.395. The summed E-state index contributed by atoms with van der Waals surface area (Å²) in [5.41, 5.74) is 0.708. The van der Waals surface area contributed by atoms with Crippen LogP contribution in [0.15, 0.2) is 18.2 Å². The Morgan fingerprint density at radius 3 is 2.90 bits per heavy atom. The zero-order valence-electron chi connectivity index (χ0n) is 11.9. The maximum Gasteiger partial charge on any atom is 0.251 e. The molecule has 7 heteroatoms. The molecule has 2 aliphatic rings. The number of carbonyl (C=O) groups excluding carboxylic acids is 2. The quantitative estimate of drug-likeness (QED) is 0.770. The molecule has 1 aromatic carbocycles. The highest BCUT2D eigenvalue weighted by Gasteiger charge is 2.37. The van der Waals surface area contributed by atoms with Gasteiger partial charge in [-0.3, -0.25) is 14.4 Å². The van der Waals surface area contributed by atoms with Gasteiger partial charge in [-0.25, -0.2) is 5.06 Å². The molecule has 0 N–H and O–H groups in total. The van der Waals surface area contributed by atoms with E-state index in [9.17, 15) is 9.59 Å². The van der Waals surface area contributed by atoms with Crippen LogP contribution < -0.4 is 14.4 Å². The molecule has 3 rings (SSSR count). The lowest BCUT2D eigenvalue weighted by Gasteiger charge is -2.19. The van der Waals surface area contributed by atoms with Gasteiger partial charge in [0.2, 0.25) is 12.7 Å². The maximum absolute atomic E-state index is 12.1. The maximum atomic E-state index is 12.1. The fraction of sp³-hybridized carbons (Fsp3) is 0.429. The molecule has 1 aromatic rings. The summed E-state index contributed by atoms with van der Waals surface area (Å²) in [4.78, 5) is 30.7. The molecule has 0 radical (unpaired) electrons. The Balaban J connectivity index is 1.78. The molecule has 0 aliphatic carbocycles. The van der Waals surface area contributed by atoms with Crippen molar-refractivity contribution in [1.29, 1.82) is 0 Å². The number of nitrogens with zero attached hydrogens (tertiary/aromatic N) is 2. The highest BCUT2D eigenvalue weighted by molar-refractivity contribution is 6.00. The van der Waals surface area contributed by atoms with E-state index >= 15 is 0 Å². The van der Waals surface area contributed by atoms with E-state index in [-0.39, 0.29) is 25.0 Å². The van der Waals surface area contributed by atoms with Gasteiger partial charge in [-0.05, 0) is 12.1 Å². The summed E-state index contributed by atoms with van der Waals surface area (Å²) in [5, 5.41) is 1.15. The van der Waals surface area contributed by atoms with Gasteiger partial charge in [0.05, 0.1) is 13.0 Å². The summed E-state index contributed by atoms with van der Waals surface area (Å²) in [6, 6.07) is 5.31. The summed E-state index contributed by atoms with van der Waals surface area (Å²) in [6.07, 6.45) is 0.182. The normalized spacial score (nSPS) is 20.0. The molecular formula is C14H16N2O5. The average Bonchev–Trinajstić information content (AvgIpc) is 3.10. The second kappa shape index (κ2) is 5.25. The van der Waals surface area contributed by atoms with Crippen molar-refractivity contribution in [3.63, 3.8) is 0 Å². The van der Waals surface area contributed by atoms with Crippen LogP contribution in [0.2, 0.25) is 0 Å². The van der Waals surface area contributed by atoms with Crippen LogP contribution in [0.1, 0.15) is 6.42 Å². The lowest BCUT2D eigenvalue weighted by atomic mass is 10.1. The van der Waals surface area contributed by atoms with Crippen LogP contribution in [0.25, 0.3) is 0 Å². The van der Waals surface area contributed by atoms with Crippen molar-refractivity contribution in [2.24, 2.45) is 5.92 Å². The molecule has 2 amide bonds. The van der Waals surface area contributed by atoms with Crippen LogP contribution in [-0.2, 0) is 14.4 Å². The number of rotatable bonds is 3. The van der Waals surface area contributed by atoms with Crippen molar-refractivity contribution in [1.82, 2.24) is 5.06 Å². The van der Waals surface area contributed by atoms with Gasteiger partial charge in [0.1, 0.15) is 0 Å². The van der Waals surface area contributed by atoms with Gasteiger partial charge in [-0.1, -0.05) is 0 Å². The summed E-state index contributed by atoms with van der Waals surface area (Å²) in [7, 11) is 2.96. The van der Waals surface area contributed by atoms with Crippen molar-refractivity contribution in [2.75, 3.05) is 32.4 Å². The number of fused-ring (bicyclic) bond motifs is 1. The van der Waals surface area contributed by atoms with Crippen LogP contribution >= 0.6 is 0 Å². The van der Waals surface area contributed by atoms with E-state index in [1.54, 1.807) is 23.1 Å². The Labute approximate surface area is 121 Å². The van der Waals surface area contributed by atoms with Crippen LogP contribution in [0.4, 0.5) is 5.69 Å². The number of hydrogen-bond acceptors (Lipinski definition) is 5. The molecule has 1 unspecified atom stereocenters. The smallest absolute Gasteiger partial charge is 0.251 e. The Bertz CT molecular complexity index is 589. The number of amides is 2. The van der Waals surface area contributed by atoms with E-state index in [0.29, 0.717) is 23.7 Å². The topological polar surface area (TPSA) is 68.3 Å². The highest BCUT2D eigenvalue weighted by Crippen LogP contribution is 2.37. The molecule has 112 valence electrons. The first kappa shape index (κ1) is 13.7. The summed E-state index contributed by atoms with van der Waals surface area (Å²) >= 11 is 0. The Morgan fingerprint density at radius 1 is 1.38 bits per heavy atom. The third-order valence-electron chi connectivity index (χ3n) is 3.73. The van der Waals surface area contributed by atoms with Crippen LogP contribution in [0.3, 0.4) is 0 Å². The standard InChI is InChI=1S/C14H16N2O5/c1-15(19-2)14(18)9-5-13(17)16(7-9)10-3-4-11-12(6-10)21-8-20-11/h3-4,6,9H,5,7-8H2,1-2H3. The van der Waals surface area contributed by atoms with Crippen LogP contribution in [0, 0.1) is 5.92 Å². The van der Waals surface area contributed by atoms with Crippen molar-refractivity contribution in [3.05, 3.63) is 18.2 Å². The number of hydrogen-bond donors (Lipinski definition) is 0. The second-order valence-electron chi connectivity index (χ2n) is 4.96. The first-order valence-electron chi connectivity index (χ1n) is 6.62. The molecule has 1 fully saturated rings. The van der Waals surface area contributed by atoms with E-state index in [2.05, 4.69) is 0 Å². The van der Waals surface area contributed by atoms with E-state index in [1.807, 2.05) is 0 Å². The molecular weight excluding hydrogens is 276 g/mol. The fourth-order valence-corrected chi connectivity index (χ4v) is 2.52. The summed E-state index contributed by atoms with van der Waals surface area (Å²) in [5.74, 6) is 0.597. The molecule has 0 saturated carbocycles. The number of carbonyl (C=O) groups is 2. The lowest BCUT2D eigenvalue weighted by Crippen LogP contribution is -2.34. The monoisotopic (exact) mass is 292 g/mol. The molecule has 0 aromatic heterocycles. The number of ether oxygens (including phenoxy) is 2. The Morgan fingerprint density at radius 2 is 2.14 bits per heavy atom.